The van der Waals surface area contributed by atoms with Gasteiger partial charge in [0.1, 0.15) is 17.5 Å². The number of likely N-dealkylation sites (N-methyl/N-ethyl adjacent to an activating group) is 1. The van der Waals surface area contributed by atoms with Crippen molar-refractivity contribution in [3.8, 4) is 0 Å². The summed E-state index contributed by atoms with van der Waals surface area (Å²) in [5, 5.41) is 18.1. The number of aliphatic carboxylic acids is 1. The van der Waals surface area contributed by atoms with Crippen molar-refractivity contribution in [2.45, 2.75) is 31.8 Å². The zero-order chi connectivity index (χ0) is 24.1. The monoisotopic (exact) mass is 457 g/mol. The van der Waals surface area contributed by atoms with Gasteiger partial charge in [-0.1, -0.05) is 0 Å². The van der Waals surface area contributed by atoms with Crippen molar-refractivity contribution in [1.82, 2.24) is 15.3 Å². The van der Waals surface area contributed by atoms with E-state index in [2.05, 4.69) is 25.9 Å². The van der Waals surface area contributed by atoms with E-state index in [4.69, 9.17) is 5.73 Å². The number of Topliss-reactive ketones (excluding diaryl/α,β-unsaturated/α-hetero) is 1. The molecule has 0 unspecified atom stereocenters. The standard InChI is InChI=1S/C21H27N7O5/c1-11(29)3-8-15(20(32)33)25-18(30)12-4-6-13(7-5-12)23-9-14-10-24-17-16(28(14)2)19(31)27-21(22)26-17/h4-7,14-15,23H,3,8-10H2,1-2H3,(H,25,30)(H,32,33)(H4,22,24,26,27,31)/t14-,15-/m0/s1. The maximum Gasteiger partial charge on any atom is 0.326 e. The van der Waals surface area contributed by atoms with E-state index in [0.717, 1.165) is 5.69 Å². The van der Waals surface area contributed by atoms with Crippen LogP contribution < -0.4 is 32.1 Å². The highest BCUT2D eigenvalue weighted by atomic mass is 16.4. The lowest BCUT2D eigenvalue weighted by Crippen LogP contribution is -2.48. The fourth-order valence-electron chi connectivity index (χ4n) is 3.50. The molecule has 176 valence electrons. The highest BCUT2D eigenvalue weighted by Crippen LogP contribution is 2.25. The summed E-state index contributed by atoms with van der Waals surface area (Å²) >= 11 is 0. The average molecular weight is 457 g/mol. The molecule has 0 saturated carbocycles. The van der Waals surface area contributed by atoms with Crippen molar-refractivity contribution >= 4 is 40.8 Å². The van der Waals surface area contributed by atoms with Crippen LogP contribution in [0.5, 0.6) is 0 Å². The number of carbonyl (C=O) groups is 3. The Balaban J connectivity index is 1.58. The fraction of sp³-hybridized carbons (Fsp3) is 0.381. The Kier molecular flexibility index (Phi) is 7.16. The van der Waals surface area contributed by atoms with Gasteiger partial charge in [0.2, 0.25) is 5.95 Å². The molecule has 2 aromatic rings. The van der Waals surface area contributed by atoms with Gasteiger partial charge in [-0.25, -0.2) is 4.79 Å². The Bertz CT molecular complexity index is 1100. The number of benzene rings is 1. The predicted octanol–water partition coefficient (Wildman–Crippen LogP) is 0.247. The van der Waals surface area contributed by atoms with Gasteiger partial charge in [-0.2, -0.15) is 4.98 Å². The lowest BCUT2D eigenvalue weighted by atomic mass is 10.1. The number of anilines is 4. The van der Waals surface area contributed by atoms with Gasteiger partial charge in [-0.3, -0.25) is 14.6 Å². The summed E-state index contributed by atoms with van der Waals surface area (Å²) in [5.41, 5.74) is 6.73. The molecular formula is C21H27N7O5. The van der Waals surface area contributed by atoms with Gasteiger partial charge in [0.15, 0.2) is 5.82 Å². The van der Waals surface area contributed by atoms with Crippen LogP contribution in [0.15, 0.2) is 29.1 Å². The summed E-state index contributed by atoms with van der Waals surface area (Å²) in [6.07, 6.45) is 0.109. The molecular weight excluding hydrogens is 430 g/mol. The van der Waals surface area contributed by atoms with Crippen LogP contribution >= 0.6 is 0 Å². The molecule has 1 aliphatic rings. The van der Waals surface area contributed by atoms with Crippen molar-refractivity contribution in [2.24, 2.45) is 0 Å². The van der Waals surface area contributed by atoms with Crippen LogP contribution in [0.4, 0.5) is 23.1 Å². The Hall–Kier alpha value is -4.09. The zero-order valence-corrected chi connectivity index (χ0v) is 18.3. The van der Waals surface area contributed by atoms with Crippen molar-refractivity contribution < 1.29 is 19.5 Å². The minimum absolute atomic E-state index is 0.0348. The first-order valence-electron chi connectivity index (χ1n) is 10.4. The van der Waals surface area contributed by atoms with Crippen molar-refractivity contribution in [3.63, 3.8) is 0 Å². The maximum atomic E-state index is 12.4. The van der Waals surface area contributed by atoms with E-state index < -0.39 is 17.9 Å². The number of nitrogen functional groups attached to an aromatic ring is 1. The molecule has 3 rings (SSSR count). The number of carbonyl (C=O) groups excluding carboxylic acids is 2. The molecule has 12 heteroatoms. The van der Waals surface area contributed by atoms with Gasteiger partial charge in [-0.15, -0.1) is 0 Å². The van der Waals surface area contributed by atoms with Gasteiger partial charge in [-0.05, 0) is 37.6 Å². The van der Waals surface area contributed by atoms with E-state index >= 15 is 0 Å². The largest absolute Gasteiger partial charge is 0.480 e. The Morgan fingerprint density at radius 1 is 1.30 bits per heavy atom. The number of aromatic nitrogens is 2. The van der Waals surface area contributed by atoms with E-state index in [1.54, 1.807) is 31.3 Å². The molecule has 33 heavy (non-hydrogen) atoms. The molecule has 0 radical (unpaired) electrons. The van der Waals surface area contributed by atoms with Crippen LogP contribution in [-0.2, 0) is 9.59 Å². The summed E-state index contributed by atoms with van der Waals surface area (Å²) in [6.45, 7) is 2.42. The summed E-state index contributed by atoms with van der Waals surface area (Å²) < 4.78 is 0. The molecule has 0 saturated heterocycles. The number of amides is 1. The van der Waals surface area contributed by atoms with Crippen molar-refractivity contribution in [3.05, 3.63) is 40.2 Å². The number of aromatic amines is 1. The number of nitrogens with one attached hydrogen (secondary N) is 4. The van der Waals surface area contributed by atoms with Gasteiger partial charge < -0.3 is 36.5 Å². The van der Waals surface area contributed by atoms with Crippen LogP contribution in [0.2, 0.25) is 0 Å². The van der Waals surface area contributed by atoms with Crippen molar-refractivity contribution in [1.29, 1.82) is 0 Å². The molecule has 0 bridgehead atoms. The third-order valence-electron chi connectivity index (χ3n) is 5.40. The maximum absolute atomic E-state index is 12.4. The lowest BCUT2D eigenvalue weighted by molar-refractivity contribution is -0.139. The number of carboxylic acids is 1. The molecule has 0 aliphatic carbocycles. The first-order chi connectivity index (χ1) is 15.7. The number of hydrogen-bond donors (Lipinski definition) is 6. The van der Waals surface area contributed by atoms with Gasteiger partial charge in [0.25, 0.3) is 11.5 Å². The highest BCUT2D eigenvalue weighted by Gasteiger charge is 2.27. The lowest BCUT2D eigenvalue weighted by Gasteiger charge is -2.35. The molecule has 1 aromatic carbocycles. The number of nitrogens with two attached hydrogens (primary N) is 1. The Morgan fingerprint density at radius 2 is 2.00 bits per heavy atom. The second-order valence-electron chi connectivity index (χ2n) is 7.86. The number of hydrogen-bond acceptors (Lipinski definition) is 9. The highest BCUT2D eigenvalue weighted by molar-refractivity contribution is 5.97. The molecule has 2 atom stereocenters. The van der Waals surface area contributed by atoms with Gasteiger partial charge >= 0.3 is 5.97 Å². The molecule has 7 N–H and O–H groups in total. The molecule has 1 amide bonds. The first kappa shape index (κ1) is 23.6. The van der Waals surface area contributed by atoms with E-state index in [0.29, 0.717) is 30.2 Å². The second-order valence-corrected chi connectivity index (χ2v) is 7.86. The van der Waals surface area contributed by atoms with E-state index in [9.17, 15) is 24.3 Å². The SMILES string of the molecule is CC(=O)CC[C@H](NC(=O)c1ccc(NC[C@H]2CNc3nc(N)[nH]c(=O)c3N2C)cc1)C(=O)O. The minimum Gasteiger partial charge on any atom is -0.480 e. The summed E-state index contributed by atoms with van der Waals surface area (Å²) in [7, 11) is 1.80. The summed E-state index contributed by atoms with van der Waals surface area (Å²) in [4.78, 5) is 55.5. The topological polar surface area (TPSA) is 183 Å². The molecule has 12 nitrogen and oxygen atoms in total. The smallest absolute Gasteiger partial charge is 0.326 e. The van der Waals surface area contributed by atoms with E-state index in [1.807, 2.05) is 4.90 Å². The minimum atomic E-state index is -1.19. The van der Waals surface area contributed by atoms with E-state index in [-0.39, 0.29) is 36.2 Å². The van der Waals surface area contributed by atoms with E-state index in [1.165, 1.54) is 6.92 Å². The van der Waals surface area contributed by atoms with Gasteiger partial charge in [0.05, 0.1) is 6.04 Å². The summed E-state index contributed by atoms with van der Waals surface area (Å²) in [6, 6.07) is 5.39. The predicted molar refractivity (Wildman–Crippen MR) is 124 cm³/mol. The number of H-pyrrole nitrogens is 1. The molecule has 0 fully saturated rings. The number of carboxylic acid groups (broad SMARTS) is 1. The number of ketones is 1. The van der Waals surface area contributed by atoms with Crippen LogP contribution in [0.25, 0.3) is 0 Å². The van der Waals surface area contributed by atoms with Crippen molar-refractivity contribution in [2.75, 3.05) is 41.4 Å². The zero-order valence-electron chi connectivity index (χ0n) is 18.3. The molecule has 1 aromatic heterocycles. The third-order valence-corrected chi connectivity index (χ3v) is 5.40. The normalized spacial score (nSPS) is 15.7. The second kappa shape index (κ2) is 10.0. The van der Waals surface area contributed by atoms with Gasteiger partial charge in [0, 0.05) is 37.8 Å². The first-order valence-corrected chi connectivity index (χ1v) is 10.4. The Labute approximate surface area is 189 Å². The Morgan fingerprint density at radius 3 is 2.64 bits per heavy atom. The summed E-state index contributed by atoms with van der Waals surface area (Å²) in [5.74, 6) is -1.37. The molecule has 1 aliphatic heterocycles. The average Bonchev–Trinajstić information content (AvgIpc) is 2.75. The number of rotatable bonds is 9. The number of fused-ring (bicyclic) bond motifs is 1. The third kappa shape index (κ3) is 5.79. The molecule has 2 heterocycles. The van der Waals surface area contributed by atoms with Crippen LogP contribution in [0.1, 0.15) is 30.1 Å². The molecule has 0 spiro atoms. The quantitative estimate of drug-likeness (QED) is 0.305. The van der Waals surface area contributed by atoms with Crippen LogP contribution in [0, 0.1) is 0 Å². The fourth-order valence-corrected chi connectivity index (χ4v) is 3.50. The van der Waals surface area contributed by atoms with Crippen LogP contribution in [0.3, 0.4) is 0 Å². The van der Waals surface area contributed by atoms with Crippen LogP contribution in [-0.4, -0.2) is 65.0 Å². The number of nitrogens with zero attached hydrogens (tertiary/aromatic N) is 2.